The number of unbranched alkanes of at least 4 members (excludes halogenated alkanes) is 2. The van der Waals surface area contributed by atoms with Gasteiger partial charge in [-0.2, -0.15) is 5.26 Å². The number of benzene rings is 2. The number of sulfonamides is 1. The number of aromatic nitrogens is 1. The average molecular weight is 412 g/mol. The second-order valence-corrected chi connectivity index (χ2v) is 8.82. The zero-order valence-electron chi connectivity index (χ0n) is 16.4. The van der Waals surface area contributed by atoms with E-state index in [0.29, 0.717) is 19.3 Å². The second-order valence-electron chi connectivity index (χ2n) is 6.90. The molecule has 2 N–H and O–H groups in total. The molecule has 3 rings (SSSR count). The number of H-pyrrole nitrogens is 1. The molecule has 0 spiro atoms. The summed E-state index contributed by atoms with van der Waals surface area (Å²) in [7, 11) is -1.80. The van der Waals surface area contributed by atoms with Crippen molar-refractivity contribution in [1.82, 2.24) is 9.71 Å². The summed E-state index contributed by atoms with van der Waals surface area (Å²) in [6.07, 6.45) is 3.38. The van der Waals surface area contributed by atoms with Crippen LogP contribution in [-0.2, 0) is 10.0 Å². The Morgan fingerprint density at radius 1 is 1.14 bits per heavy atom. The number of nitrogens with zero attached hydrogens (tertiary/aromatic N) is 1. The van der Waals surface area contributed by atoms with Gasteiger partial charge in [0.1, 0.15) is 5.75 Å². The Kier molecular flexibility index (Phi) is 6.91. The van der Waals surface area contributed by atoms with Crippen LogP contribution in [0.4, 0.5) is 0 Å². The van der Waals surface area contributed by atoms with E-state index in [1.165, 1.54) is 0 Å². The van der Waals surface area contributed by atoms with Crippen LogP contribution in [0.2, 0.25) is 0 Å². The first-order valence-corrected chi connectivity index (χ1v) is 11.2. The molecule has 1 unspecified atom stereocenters. The van der Waals surface area contributed by atoms with Gasteiger partial charge in [0, 0.05) is 36.0 Å². The van der Waals surface area contributed by atoms with E-state index >= 15 is 0 Å². The minimum Gasteiger partial charge on any atom is -0.497 e. The summed E-state index contributed by atoms with van der Waals surface area (Å²) in [6.45, 7) is 0.259. The summed E-state index contributed by atoms with van der Waals surface area (Å²) in [5.41, 5.74) is 3.06. The lowest BCUT2D eigenvalue weighted by molar-refractivity contribution is 0.414. The highest BCUT2D eigenvalue weighted by Crippen LogP contribution is 2.31. The molecule has 1 aromatic heterocycles. The van der Waals surface area contributed by atoms with Crippen molar-refractivity contribution in [2.45, 2.75) is 25.2 Å². The topological polar surface area (TPSA) is 95.0 Å². The van der Waals surface area contributed by atoms with Gasteiger partial charge in [-0.15, -0.1) is 0 Å². The van der Waals surface area contributed by atoms with Crippen LogP contribution >= 0.6 is 0 Å². The molecule has 1 atom stereocenters. The van der Waals surface area contributed by atoms with Crippen LogP contribution in [-0.4, -0.2) is 32.8 Å². The van der Waals surface area contributed by atoms with Crippen molar-refractivity contribution in [1.29, 1.82) is 5.26 Å². The fourth-order valence-corrected chi connectivity index (χ4v) is 4.55. The average Bonchev–Trinajstić information content (AvgIpc) is 3.16. The standard InChI is InChI=1S/C22H25N3O3S/c1-28-18-11-9-17(10-12-18)20(16-25-29(26,27)14-6-2-5-13-23)21-15-24-22-8-4-3-7-19(21)22/h3-4,7-12,15,20,24-25H,2,5-6,14,16H2,1H3. The molecule has 0 aliphatic rings. The lowest BCUT2D eigenvalue weighted by Gasteiger charge is -2.19. The van der Waals surface area contributed by atoms with E-state index < -0.39 is 10.0 Å². The van der Waals surface area contributed by atoms with Crippen LogP contribution in [0.3, 0.4) is 0 Å². The number of hydrogen-bond acceptors (Lipinski definition) is 4. The summed E-state index contributed by atoms with van der Waals surface area (Å²) in [4.78, 5) is 3.27. The molecule has 6 nitrogen and oxygen atoms in total. The third-order valence-electron chi connectivity index (χ3n) is 4.97. The number of ether oxygens (including phenoxy) is 1. The van der Waals surface area contributed by atoms with Crippen LogP contribution in [0.15, 0.2) is 54.7 Å². The van der Waals surface area contributed by atoms with E-state index in [1.54, 1.807) is 7.11 Å². The van der Waals surface area contributed by atoms with Crippen molar-refractivity contribution >= 4 is 20.9 Å². The molecule has 1 heterocycles. The molecule has 0 fully saturated rings. The highest BCUT2D eigenvalue weighted by atomic mass is 32.2. The SMILES string of the molecule is COc1ccc(C(CNS(=O)(=O)CCCCC#N)c2c[nH]c3ccccc23)cc1. The number of hydrogen-bond donors (Lipinski definition) is 2. The highest BCUT2D eigenvalue weighted by molar-refractivity contribution is 7.89. The van der Waals surface area contributed by atoms with Gasteiger partial charge in [-0.25, -0.2) is 13.1 Å². The molecule has 0 aliphatic carbocycles. The van der Waals surface area contributed by atoms with Crippen LogP contribution in [0.25, 0.3) is 10.9 Å². The smallest absolute Gasteiger partial charge is 0.211 e. The van der Waals surface area contributed by atoms with Gasteiger partial charge in [0.25, 0.3) is 0 Å². The molecular formula is C22H25N3O3S. The van der Waals surface area contributed by atoms with Gasteiger partial charge in [-0.3, -0.25) is 0 Å². The summed E-state index contributed by atoms with van der Waals surface area (Å²) < 4.78 is 32.9. The fraction of sp³-hybridized carbons (Fsp3) is 0.318. The van der Waals surface area contributed by atoms with Crippen molar-refractivity contribution < 1.29 is 13.2 Å². The molecule has 2 aromatic carbocycles. The molecule has 152 valence electrons. The maximum atomic E-state index is 12.4. The monoisotopic (exact) mass is 411 g/mol. The predicted molar refractivity (Wildman–Crippen MR) is 114 cm³/mol. The largest absolute Gasteiger partial charge is 0.497 e. The van der Waals surface area contributed by atoms with Crippen molar-refractivity contribution in [3.05, 3.63) is 65.9 Å². The zero-order valence-corrected chi connectivity index (χ0v) is 17.2. The summed E-state index contributed by atoms with van der Waals surface area (Å²) >= 11 is 0. The summed E-state index contributed by atoms with van der Waals surface area (Å²) in [5.74, 6) is 0.633. The zero-order chi connectivity index (χ0) is 20.7. The van der Waals surface area contributed by atoms with Crippen LogP contribution in [0.1, 0.15) is 36.3 Å². The third-order valence-corrected chi connectivity index (χ3v) is 6.41. The van der Waals surface area contributed by atoms with Gasteiger partial charge in [-0.05, 0) is 42.2 Å². The Labute approximate surface area is 171 Å². The predicted octanol–water partition coefficient (Wildman–Crippen LogP) is 3.92. The highest BCUT2D eigenvalue weighted by Gasteiger charge is 2.21. The van der Waals surface area contributed by atoms with E-state index in [-0.39, 0.29) is 18.2 Å². The lowest BCUT2D eigenvalue weighted by atomic mass is 9.91. The number of aromatic amines is 1. The van der Waals surface area contributed by atoms with Gasteiger partial charge in [0.05, 0.1) is 18.9 Å². The first-order valence-electron chi connectivity index (χ1n) is 9.58. The molecule has 0 amide bonds. The summed E-state index contributed by atoms with van der Waals surface area (Å²) in [6, 6.07) is 17.7. The molecular weight excluding hydrogens is 386 g/mol. The quantitative estimate of drug-likeness (QED) is 0.494. The number of para-hydroxylation sites is 1. The Morgan fingerprint density at radius 2 is 1.90 bits per heavy atom. The third kappa shape index (κ3) is 5.37. The van der Waals surface area contributed by atoms with Gasteiger partial charge < -0.3 is 9.72 Å². The number of methoxy groups -OCH3 is 1. The molecule has 0 radical (unpaired) electrons. The van der Waals surface area contributed by atoms with E-state index in [9.17, 15) is 8.42 Å². The first kappa shape index (κ1) is 20.9. The van der Waals surface area contributed by atoms with E-state index in [0.717, 1.165) is 27.8 Å². The van der Waals surface area contributed by atoms with Crippen molar-refractivity contribution in [3.63, 3.8) is 0 Å². The molecule has 3 aromatic rings. The molecule has 0 saturated carbocycles. The van der Waals surface area contributed by atoms with Gasteiger partial charge in [0.2, 0.25) is 10.0 Å². The molecule has 0 aliphatic heterocycles. The Hall–Kier alpha value is -2.82. The Bertz CT molecular complexity index is 1080. The minimum absolute atomic E-state index is 0.0257. The number of nitriles is 1. The lowest BCUT2D eigenvalue weighted by Crippen LogP contribution is -2.31. The van der Waals surface area contributed by atoms with Gasteiger partial charge in [-0.1, -0.05) is 30.3 Å². The van der Waals surface area contributed by atoms with Crippen molar-refractivity contribution in [2.24, 2.45) is 0 Å². The van der Waals surface area contributed by atoms with E-state index in [2.05, 4.69) is 9.71 Å². The minimum atomic E-state index is -3.42. The van der Waals surface area contributed by atoms with Crippen LogP contribution < -0.4 is 9.46 Å². The maximum absolute atomic E-state index is 12.4. The molecule has 29 heavy (non-hydrogen) atoms. The first-order chi connectivity index (χ1) is 14.0. The second kappa shape index (κ2) is 9.59. The van der Waals surface area contributed by atoms with Crippen molar-refractivity contribution in [3.8, 4) is 11.8 Å². The molecule has 0 bridgehead atoms. The van der Waals surface area contributed by atoms with Crippen LogP contribution in [0, 0.1) is 11.3 Å². The maximum Gasteiger partial charge on any atom is 0.211 e. The van der Waals surface area contributed by atoms with Gasteiger partial charge >= 0.3 is 0 Å². The van der Waals surface area contributed by atoms with Gasteiger partial charge in [0.15, 0.2) is 0 Å². The molecule has 7 heteroatoms. The Balaban J connectivity index is 1.84. The van der Waals surface area contributed by atoms with E-state index in [4.69, 9.17) is 10.00 Å². The number of fused-ring (bicyclic) bond motifs is 1. The van der Waals surface area contributed by atoms with Crippen LogP contribution in [0.5, 0.6) is 5.75 Å². The summed E-state index contributed by atoms with van der Waals surface area (Å²) in [5, 5.41) is 9.67. The number of rotatable bonds is 10. The molecule has 0 saturated heterocycles. The van der Waals surface area contributed by atoms with Crippen molar-refractivity contribution in [2.75, 3.05) is 19.4 Å². The normalized spacial score (nSPS) is 12.6. The number of nitrogens with one attached hydrogen (secondary N) is 2. The Morgan fingerprint density at radius 3 is 2.62 bits per heavy atom. The fourth-order valence-electron chi connectivity index (χ4n) is 3.40. The van der Waals surface area contributed by atoms with E-state index in [1.807, 2.05) is 60.8 Å².